The monoisotopic (exact) mass is 201 g/mol. The Morgan fingerprint density at radius 3 is 2.79 bits per heavy atom. The molecular formula is C10H19NO3. The van der Waals surface area contributed by atoms with Crippen LogP contribution in [0.25, 0.3) is 0 Å². The maximum absolute atomic E-state index is 11.2. The predicted octanol–water partition coefficient (Wildman–Crippen LogP) is 0.443. The second kappa shape index (κ2) is 5.98. The number of aliphatic hydroxyl groups is 1. The van der Waals surface area contributed by atoms with Gasteiger partial charge < -0.3 is 15.2 Å². The number of carbonyl (C=O) groups excluding carboxylic acids is 1. The molecule has 0 atom stereocenters. The van der Waals surface area contributed by atoms with Crippen molar-refractivity contribution in [1.82, 2.24) is 5.32 Å². The minimum atomic E-state index is -0.211. The van der Waals surface area contributed by atoms with Crippen LogP contribution in [0.4, 0.5) is 0 Å². The topological polar surface area (TPSA) is 58.6 Å². The first-order valence-corrected chi connectivity index (χ1v) is 5.27. The minimum Gasteiger partial charge on any atom is -0.393 e. The molecule has 1 saturated carbocycles. The Kier molecular flexibility index (Phi) is 4.90. The Morgan fingerprint density at radius 1 is 1.50 bits per heavy atom. The molecule has 4 heteroatoms. The van der Waals surface area contributed by atoms with Crippen LogP contribution in [0.1, 0.15) is 32.6 Å². The molecular weight excluding hydrogens is 182 g/mol. The number of carbonyl (C=O) groups is 1. The lowest BCUT2D eigenvalue weighted by molar-refractivity contribution is -0.124. The minimum absolute atomic E-state index is 0.0259. The molecule has 0 heterocycles. The third kappa shape index (κ3) is 4.07. The second-order valence-electron chi connectivity index (χ2n) is 3.75. The molecule has 1 aliphatic rings. The van der Waals surface area contributed by atoms with E-state index < -0.39 is 0 Å². The van der Waals surface area contributed by atoms with Gasteiger partial charge in [0.1, 0.15) is 0 Å². The molecule has 0 bridgehead atoms. The summed E-state index contributed by atoms with van der Waals surface area (Å²) in [6, 6.07) is 0.184. The predicted molar refractivity (Wildman–Crippen MR) is 52.9 cm³/mol. The van der Waals surface area contributed by atoms with E-state index in [2.05, 4.69) is 5.32 Å². The smallest absolute Gasteiger partial charge is 0.222 e. The van der Waals surface area contributed by atoms with E-state index >= 15 is 0 Å². The summed E-state index contributed by atoms with van der Waals surface area (Å²) in [6.45, 7) is 3.25. The summed E-state index contributed by atoms with van der Waals surface area (Å²) in [5.41, 5.74) is 0. The van der Waals surface area contributed by atoms with Crippen molar-refractivity contribution in [2.45, 2.75) is 44.8 Å². The summed E-state index contributed by atoms with van der Waals surface area (Å²) in [5, 5.41) is 11.8. The number of rotatable bonds is 6. The highest BCUT2D eigenvalue weighted by Gasteiger charge is 2.27. The van der Waals surface area contributed by atoms with Crippen molar-refractivity contribution in [3.8, 4) is 0 Å². The number of hydrogen-bond acceptors (Lipinski definition) is 3. The fourth-order valence-corrected chi connectivity index (χ4v) is 1.42. The summed E-state index contributed by atoms with van der Waals surface area (Å²) in [4.78, 5) is 11.2. The number of nitrogens with one attached hydrogen (secondary N) is 1. The van der Waals surface area contributed by atoms with Crippen LogP contribution in [0, 0.1) is 0 Å². The van der Waals surface area contributed by atoms with Gasteiger partial charge >= 0.3 is 0 Å². The molecule has 2 N–H and O–H groups in total. The standard InChI is InChI=1S/C10H19NO3/c1-2-4-14-5-3-10(13)11-8-6-9(12)7-8/h8-9,12H,2-7H2,1H3,(H,11,13). The number of aliphatic hydroxyl groups excluding tert-OH is 1. The van der Waals surface area contributed by atoms with E-state index in [4.69, 9.17) is 9.84 Å². The van der Waals surface area contributed by atoms with E-state index in [9.17, 15) is 4.79 Å². The lowest BCUT2D eigenvalue weighted by Crippen LogP contribution is -2.46. The largest absolute Gasteiger partial charge is 0.393 e. The molecule has 1 amide bonds. The van der Waals surface area contributed by atoms with Gasteiger partial charge in [0, 0.05) is 19.1 Å². The Morgan fingerprint density at radius 2 is 2.21 bits per heavy atom. The maximum atomic E-state index is 11.2. The summed E-state index contributed by atoms with van der Waals surface area (Å²) < 4.78 is 5.20. The van der Waals surface area contributed by atoms with Crippen molar-refractivity contribution in [2.75, 3.05) is 13.2 Å². The SMILES string of the molecule is CCCOCCC(=O)NC1CC(O)C1. The van der Waals surface area contributed by atoms with Gasteiger partial charge in [0.05, 0.1) is 12.7 Å². The van der Waals surface area contributed by atoms with E-state index in [0.717, 1.165) is 13.0 Å². The molecule has 0 radical (unpaired) electrons. The van der Waals surface area contributed by atoms with Gasteiger partial charge in [-0.05, 0) is 19.3 Å². The second-order valence-corrected chi connectivity index (χ2v) is 3.75. The van der Waals surface area contributed by atoms with E-state index in [1.165, 1.54) is 0 Å². The van der Waals surface area contributed by atoms with Crippen molar-refractivity contribution in [3.05, 3.63) is 0 Å². The first-order chi connectivity index (χ1) is 6.72. The molecule has 1 aliphatic carbocycles. The first kappa shape index (κ1) is 11.5. The summed E-state index contributed by atoms with van der Waals surface area (Å²) in [7, 11) is 0. The highest BCUT2D eigenvalue weighted by atomic mass is 16.5. The van der Waals surface area contributed by atoms with Crippen LogP contribution in [-0.4, -0.2) is 36.4 Å². The quantitative estimate of drug-likeness (QED) is 0.613. The third-order valence-corrected chi connectivity index (χ3v) is 2.30. The lowest BCUT2D eigenvalue weighted by atomic mass is 9.89. The van der Waals surface area contributed by atoms with Crippen molar-refractivity contribution in [3.63, 3.8) is 0 Å². The molecule has 0 aliphatic heterocycles. The van der Waals surface area contributed by atoms with E-state index in [1.54, 1.807) is 0 Å². The fourth-order valence-electron chi connectivity index (χ4n) is 1.42. The molecule has 1 rings (SSSR count). The fraction of sp³-hybridized carbons (Fsp3) is 0.900. The molecule has 0 spiro atoms. The van der Waals surface area contributed by atoms with Gasteiger partial charge in [-0.1, -0.05) is 6.92 Å². The highest BCUT2D eigenvalue weighted by Crippen LogP contribution is 2.19. The van der Waals surface area contributed by atoms with E-state index in [0.29, 0.717) is 25.9 Å². The van der Waals surface area contributed by atoms with Crippen LogP contribution in [0.3, 0.4) is 0 Å². The van der Waals surface area contributed by atoms with Crippen LogP contribution in [0.15, 0.2) is 0 Å². The van der Waals surface area contributed by atoms with Crippen LogP contribution < -0.4 is 5.32 Å². The molecule has 0 saturated heterocycles. The lowest BCUT2D eigenvalue weighted by Gasteiger charge is -2.31. The molecule has 0 aromatic rings. The van der Waals surface area contributed by atoms with Gasteiger partial charge in [0.25, 0.3) is 0 Å². The molecule has 1 fully saturated rings. The normalized spacial score (nSPS) is 25.6. The molecule has 4 nitrogen and oxygen atoms in total. The summed E-state index contributed by atoms with van der Waals surface area (Å²) in [5.74, 6) is 0.0259. The zero-order valence-electron chi connectivity index (χ0n) is 8.66. The Balaban J connectivity index is 1.94. The molecule has 82 valence electrons. The summed E-state index contributed by atoms with van der Waals surface area (Å²) >= 11 is 0. The average Bonchev–Trinajstić information content (AvgIpc) is 2.10. The molecule has 0 aromatic carbocycles. The van der Waals surface area contributed by atoms with Gasteiger partial charge in [0.15, 0.2) is 0 Å². The van der Waals surface area contributed by atoms with Gasteiger partial charge in [-0.25, -0.2) is 0 Å². The number of ether oxygens (including phenoxy) is 1. The van der Waals surface area contributed by atoms with Gasteiger partial charge in [0.2, 0.25) is 5.91 Å². The van der Waals surface area contributed by atoms with Crippen molar-refractivity contribution >= 4 is 5.91 Å². The zero-order valence-corrected chi connectivity index (χ0v) is 8.66. The molecule has 0 unspecified atom stereocenters. The van der Waals surface area contributed by atoms with Crippen LogP contribution >= 0.6 is 0 Å². The van der Waals surface area contributed by atoms with Crippen molar-refractivity contribution < 1.29 is 14.6 Å². The van der Waals surface area contributed by atoms with Gasteiger partial charge in [-0.3, -0.25) is 4.79 Å². The summed E-state index contributed by atoms with van der Waals surface area (Å²) in [6.07, 6.45) is 2.59. The van der Waals surface area contributed by atoms with Crippen LogP contribution in [-0.2, 0) is 9.53 Å². The average molecular weight is 201 g/mol. The molecule has 14 heavy (non-hydrogen) atoms. The van der Waals surface area contributed by atoms with E-state index in [-0.39, 0.29) is 18.1 Å². The molecule has 0 aromatic heterocycles. The van der Waals surface area contributed by atoms with Crippen molar-refractivity contribution in [2.24, 2.45) is 0 Å². The number of amides is 1. The zero-order chi connectivity index (χ0) is 10.4. The Bertz CT molecular complexity index is 178. The Labute approximate surface area is 84.6 Å². The van der Waals surface area contributed by atoms with Crippen molar-refractivity contribution in [1.29, 1.82) is 0 Å². The van der Waals surface area contributed by atoms with Gasteiger partial charge in [-0.15, -0.1) is 0 Å². The highest BCUT2D eigenvalue weighted by molar-refractivity contribution is 5.76. The van der Waals surface area contributed by atoms with Crippen LogP contribution in [0.2, 0.25) is 0 Å². The number of hydrogen-bond donors (Lipinski definition) is 2. The third-order valence-electron chi connectivity index (χ3n) is 2.30. The van der Waals surface area contributed by atoms with Crippen LogP contribution in [0.5, 0.6) is 0 Å². The first-order valence-electron chi connectivity index (χ1n) is 5.27. The Hall–Kier alpha value is -0.610. The maximum Gasteiger partial charge on any atom is 0.222 e. The van der Waals surface area contributed by atoms with Gasteiger partial charge in [-0.2, -0.15) is 0 Å². The van der Waals surface area contributed by atoms with E-state index in [1.807, 2.05) is 6.92 Å².